The third-order valence-electron chi connectivity index (χ3n) is 3.50. The van der Waals surface area contributed by atoms with E-state index in [1.165, 1.54) is 0 Å². The lowest BCUT2D eigenvalue weighted by atomic mass is 10.1. The van der Waals surface area contributed by atoms with Crippen LogP contribution < -0.4 is 0 Å². The maximum absolute atomic E-state index is 5.96. The van der Waals surface area contributed by atoms with E-state index in [9.17, 15) is 0 Å². The first-order valence-electron chi connectivity index (χ1n) is 7.34. The van der Waals surface area contributed by atoms with Crippen LogP contribution in [0, 0.1) is 0 Å². The average molecular weight is 339 g/mol. The molecule has 0 aliphatic carbocycles. The molecule has 1 aromatic rings. The first kappa shape index (κ1) is 18.7. The fraction of sp³-hybridized carbons (Fsp3) is 0.412. The van der Waals surface area contributed by atoms with Gasteiger partial charge in [-0.25, -0.2) is 0 Å². The summed E-state index contributed by atoms with van der Waals surface area (Å²) in [6.07, 6.45) is 1.73. The van der Waals surface area contributed by atoms with Crippen molar-refractivity contribution in [2.24, 2.45) is 5.16 Å². The molecule has 0 radical (unpaired) electrons. The van der Waals surface area contributed by atoms with E-state index in [2.05, 4.69) is 30.5 Å². The second-order valence-electron chi connectivity index (χ2n) is 5.17. The smallest absolute Gasteiger partial charge is 0.129 e. The monoisotopic (exact) mass is 338 g/mol. The molecule has 0 amide bonds. The lowest BCUT2D eigenvalue weighted by Crippen LogP contribution is -2.31. The highest BCUT2D eigenvalue weighted by Gasteiger charge is 2.08. The molecule has 1 rings (SSSR count). The average Bonchev–Trinajstić information content (AvgIpc) is 2.52. The van der Waals surface area contributed by atoms with Crippen molar-refractivity contribution in [3.63, 3.8) is 0 Å². The molecule has 0 saturated heterocycles. The summed E-state index contributed by atoms with van der Waals surface area (Å²) in [6.45, 7) is 10.8. The maximum atomic E-state index is 5.96. The zero-order chi connectivity index (χ0) is 16.5. The molecule has 0 N–H and O–H groups in total. The van der Waals surface area contributed by atoms with Gasteiger partial charge in [0.25, 0.3) is 0 Å². The van der Waals surface area contributed by atoms with Crippen LogP contribution in [0.3, 0.4) is 0 Å². The Bertz CT molecular complexity index is 545. The van der Waals surface area contributed by atoms with Gasteiger partial charge in [0.15, 0.2) is 0 Å². The Labute approximate surface area is 143 Å². The summed E-state index contributed by atoms with van der Waals surface area (Å²) in [5.74, 6) is 0.617. The fourth-order valence-electron chi connectivity index (χ4n) is 1.81. The predicted octanol–water partition coefficient (Wildman–Crippen LogP) is 5.04. The van der Waals surface area contributed by atoms with Crippen LogP contribution in [-0.4, -0.2) is 28.7 Å². The molecule has 0 aliphatic heterocycles. The Balaban J connectivity index is 2.51. The van der Waals surface area contributed by atoms with Gasteiger partial charge in [-0.05, 0) is 32.4 Å². The van der Waals surface area contributed by atoms with Crippen molar-refractivity contribution >= 4 is 35.0 Å². The minimum absolute atomic E-state index is 0.419. The Morgan fingerprint density at radius 1 is 1.55 bits per heavy atom. The first-order chi connectivity index (χ1) is 10.5. The van der Waals surface area contributed by atoms with Crippen molar-refractivity contribution in [3.8, 4) is 0 Å². The van der Waals surface area contributed by atoms with E-state index in [1.54, 1.807) is 5.49 Å². The van der Waals surface area contributed by atoms with Gasteiger partial charge in [-0.3, -0.25) is 0 Å². The van der Waals surface area contributed by atoms with Crippen LogP contribution in [0.2, 0.25) is 5.02 Å². The molecule has 3 nitrogen and oxygen atoms in total. The summed E-state index contributed by atoms with van der Waals surface area (Å²) >= 11 is 11.0. The van der Waals surface area contributed by atoms with Crippen LogP contribution in [0.25, 0.3) is 0 Å². The predicted molar refractivity (Wildman–Crippen MR) is 98.6 cm³/mol. The minimum Gasteiger partial charge on any atom is -0.366 e. The van der Waals surface area contributed by atoms with E-state index in [4.69, 9.17) is 28.7 Å². The number of benzene rings is 1. The van der Waals surface area contributed by atoms with Crippen LogP contribution in [0.5, 0.6) is 0 Å². The Morgan fingerprint density at radius 3 is 2.86 bits per heavy atom. The van der Waals surface area contributed by atoms with Crippen LogP contribution in [-0.2, 0) is 4.84 Å². The van der Waals surface area contributed by atoms with Gasteiger partial charge in [0, 0.05) is 29.6 Å². The zero-order valence-corrected chi connectivity index (χ0v) is 15.0. The molecule has 0 saturated carbocycles. The molecule has 0 heterocycles. The Kier molecular flexibility index (Phi) is 8.13. The van der Waals surface area contributed by atoms with Gasteiger partial charge in [-0.1, -0.05) is 54.6 Å². The topological polar surface area (TPSA) is 24.8 Å². The van der Waals surface area contributed by atoms with Gasteiger partial charge in [-0.2, -0.15) is 0 Å². The molecular weight excluding hydrogens is 316 g/mol. The second-order valence-corrected chi connectivity index (χ2v) is 5.81. The van der Waals surface area contributed by atoms with Gasteiger partial charge in [0.1, 0.15) is 5.76 Å². The highest BCUT2D eigenvalue weighted by Crippen LogP contribution is 2.13. The van der Waals surface area contributed by atoms with Crippen LogP contribution in [0.4, 0.5) is 0 Å². The van der Waals surface area contributed by atoms with Gasteiger partial charge in [-0.15, -0.1) is 0 Å². The Morgan fingerprint density at radius 2 is 2.27 bits per heavy atom. The number of thiocarbonyl (C=S) groups is 1. The number of oxime groups is 1. The van der Waals surface area contributed by atoms with Crippen LogP contribution in [0.1, 0.15) is 39.2 Å². The first-order valence-corrected chi connectivity index (χ1v) is 8.19. The highest BCUT2D eigenvalue weighted by molar-refractivity contribution is 7.78. The van der Waals surface area contributed by atoms with E-state index in [-0.39, 0.29) is 0 Å². The van der Waals surface area contributed by atoms with Crippen molar-refractivity contribution in [1.29, 1.82) is 0 Å². The molecule has 0 spiro atoms. The molecule has 1 unspecified atom stereocenters. The lowest BCUT2D eigenvalue weighted by molar-refractivity contribution is 0.207. The Hall–Kier alpha value is -1.39. The largest absolute Gasteiger partial charge is 0.366 e. The molecule has 1 atom stereocenters. The van der Waals surface area contributed by atoms with Gasteiger partial charge >= 0.3 is 0 Å². The summed E-state index contributed by atoms with van der Waals surface area (Å²) in [6, 6.07) is 7.92. The molecule has 0 aliphatic rings. The number of nitrogens with zero attached hydrogens (tertiary/aromatic N) is 2. The molecular formula is C17H23ClN2OS. The molecule has 0 aromatic heterocycles. The third kappa shape index (κ3) is 6.16. The lowest BCUT2D eigenvalue weighted by Gasteiger charge is -2.25. The SMILES string of the molecule is C=C(CCN(C=S)C(C)CC)O/N=C(\C)c1cccc(Cl)c1. The molecule has 5 heteroatoms. The quantitative estimate of drug-likeness (QED) is 0.273. The number of hydrogen-bond donors (Lipinski definition) is 0. The molecule has 1 aromatic carbocycles. The number of halogens is 1. The summed E-state index contributed by atoms with van der Waals surface area (Å²) in [5.41, 5.74) is 3.39. The summed E-state index contributed by atoms with van der Waals surface area (Å²) in [5, 5.41) is 4.78. The number of rotatable bonds is 9. The van der Waals surface area contributed by atoms with Gasteiger partial charge < -0.3 is 9.74 Å². The third-order valence-corrected chi connectivity index (χ3v) is 4.00. The zero-order valence-electron chi connectivity index (χ0n) is 13.4. The van der Waals surface area contributed by atoms with E-state index in [1.807, 2.05) is 31.2 Å². The van der Waals surface area contributed by atoms with Crippen LogP contribution >= 0.6 is 23.8 Å². The maximum Gasteiger partial charge on any atom is 0.129 e. The second kappa shape index (κ2) is 9.59. The van der Waals surface area contributed by atoms with E-state index in [0.29, 0.717) is 23.2 Å². The van der Waals surface area contributed by atoms with Crippen LogP contribution in [0.15, 0.2) is 41.8 Å². The molecule has 0 bridgehead atoms. The summed E-state index contributed by atoms with van der Waals surface area (Å²) in [7, 11) is 0. The highest BCUT2D eigenvalue weighted by atomic mass is 35.5. The van der Waals surface area contributed by atoms with Gasteiger partial charge in [0.05, 0.1) is 11.2 Å². The van der Waals surface area contributed by atoms with E-state index < -0.39 is 0 Å². The van der Waals surface area contributed by atoms with Crippen molar-refractivity contribution in [2.45, 2.75) is 39.7 Å². The summed E-state index contributed by atoms with van der Waals surface area (Å²) in [4.78, 5) is 7.49. The van der Waals surface area contributed by atoms with Crippen molar-refractivity contribution in [3.05, 3.63) is 47.2 Å². The minimum atomic E-state index is 0.419. The molecule has 0 fully saturated rings. The standard InChI is InChI=1S/C17H23ClN2OS/c1-5-13(2)20(12-22)10-9-14(3)21-19-15(4)16-7-6-8-17(18)11-16/h6-8,11-13H,3,5,9-10H2,1-2,4H3/b19-15+. The fourth-order valence-corrected chi connectivity index (χ4v) is 2.31. The molecule has 120 valence electrons. The molecule has 22 heavy (non-hydrogen) atoms. The van der Waals surface area contributed by atoms with E-state index >= 15 is 0 Å². The van der Waals surface area contributed by atoms with Crippen molar-refractivity contribution in [1.82, 2.24) is 4.90 Å². The van der Waals surface area contributed by atoms with Crippen molar-refractivity contribution < 1.29 is 4.84 Å². The summed E-state index contributed by atoms with van der Waals surface area (Å²) < 4.78 is 0. The normalized spacial score (nSPS) is 12.6. The van der Waals surface area contributed by atoms with Crippen molar-refractivity contribution in [2.75, 3.05) is 6.54 Å². The van der Waals surface area contributed by atoms with E-state index in [0.717, 1.165) is 24.2 Å². The van der Waals surface area contributed by atoms with Gasteiger partial charge in [0.2, 0.25) is 0 Å². The number of hydrogen-bond acceptors (Lipinski definition) is 3.